The molecule has 1 aromatic carbocycles. The molecule has 9 nitrogen and oxygen atoms in total. The maximum absolute atomic E-state index is 12.9. The van der Waals surface area contributed by atoms with Gasteiger partial charge in [-0.3, -0.25) is 10.1 Å². The summed E-state index contributed by atoms with van der Waals surface area (Å²) in [6.45, 7) is 0. The van der Waals surface area contributed by atoms with E-state index in [1.54, 1.807) is 0 Å². The third-order valence-electron chi connectivity index (χ3n) is 2.87. The molecule has 2 aromatic heterocycles. The second-order valence-corrected chi connectivity index (χ2v) is 6.96. The predicted octanol–water partition coefficient (Wildman–Crippen LogP) is 3.31. The number of halogens is 2. The van der Waals surface area contributed by atoms with E-state index in [2.05, 4.69) is 15.3 Å². The largest absolute Gasteiger partial charge is 0.476 e. The van der Waals surface area contributed by atoms with Crippen LogP contribution in [0.1, 0.15) is 31.3 Å². The summed E-state index contributed by atoms with van der Waals surface area (Å²) in [6, 6.07) is 3.52. The predicted molar refractivity (Wildman–Crippen MR) is 102 cm³/mol. The summed E-state index contributed by atoms with van der Waals surface area (Å²) in [4.78, 5) is 39.7. The van der Waals surface area contributed by atoms with Gasteiger partial charge in [0.1, 0.15) is 5.82 Å². The Morgan fingerprint density at radius 3 is 2.14 bits per heavy atom. The van der Waals surface area contributed by atoms with Crippen molar-refractivity contribution in [1.29, 1.82) is 0 Å². The zero-order valence-electron chi connectivity index (χ0n) is 13.6. The lowest BCUT2D eigenvalue weighted by atomic mass is 10.2. The fourth-order valence-electron chi connectivity index (χ4n) is 1.62. The van der Waals surface area contributed by atoms with E-state index in [9.17, 15) is 18.8 Å². The third kappa shape index (κ3) is 5.70. The first kappa shape index (κ1) is 21.2. The molecular weight excluding hydrogens is 435 g/mol. The molecule has 0 saturated carbocycles. The number of nitrogens with two attached hydrogens (primary N) is 1. The van der Waals surface area contributed by atoms with Gasteiger partial charge in [0.15, 0.2) is 21.7 Å². The van der Waals surface area contributed by atoms with Gasteiger partial charge in [0.05, 0.1) is 5.02 Å². The van der Waals surface area contributed by atoms with Gasteiger partial charge in [-0.15, -0.1) is 22.7 Å². The van der Waals surface area contributed by atoms with E-state index < -0.39 is 23.7 Å². The number of nitrogens with zero attached hydrogens (tertiary/aromatic N) is 2. The summed E-state index contributed by atoms with van der Waals surface area (Å²) < 4.78 is 12.9. The molecule has 2 heterocycles. The number of amides is 1. The van der Waals surface area contributed by atoms with Crippen LogP contribution < -0.4 is 11.1 Å². The topological polar surface area (TPSA) is 156 Å². The minimum absolute atomic E-state index is 0.0116. The zero-order valence-corrected chi connectivity index (χ0v) is 15.9. The molecule has 0 radical (unpaired) electrons. The van der Waals surface area contributed by atoms with E-state index in [0.717, 1.165) is 28.7 Å². The van der Waals surface area contributed by atoms with Crippen molar-refractivity contribution in [3.8, 4) is 0 Å². The van der Waals surface area contributed by atoms with E-state index in [4.69, 9.17) is 27.5 Å². The van der Waals surface area contributed by atoms with Crippen LogP contribution in [0.3, 0.4) is 0 Å². The lowest BCUT2D eigenvalue weighted by Gasteiger charge is -2.02. The number of carbonyl (C=O) groups is 3. The molecule has 0 aliphatic rings. The number of aromatic carboxylic acids is 2. The maximum atomic E-state index is 12.9. The van der Waals surface area contributed by atoms with E-state index in [1.165, 1.54) is 22.9 Å². The van der Waals surface area contributed by atoms with Gasteiger partial charge in [0.2, 0.25) is 0 Å². The van der Waals surface area contributed by atoms with Gasteiger partial charge in [0, 0.05) is 16.3 Å². The Kier molecular flexibility index (Phi) is 6.98. The van der Waals surface area contributed by atoms with Crippen molar-refractivity contribution < 1.29 is 29.0 Å². The van der Waals surface area contributed by atoms with Crippen LogP contribution in [0.15, 0.2) is 29.0 Å². The minimum Gasteiger partial charge on any atom is -0.476 e. The number of carboxylic acids is 2. The number of thiazole rings is 2. The average Bonchev–Trinajstić information content (AvgIpc) is 3.27. The highest BCUT2D eigenvalue weighted by atomic mass is 35.5. The summed E-state index contributed by atoms with van der Waals surface area (Å²) in [5.74, 6) is -3.39. The fraction of sp³-hybridized carbons (Fsp3) is 0. The molecular formula is C15H10ClFN4O5S2. The number of carbonyl (C=O) groups excluding carboxylic acids is 1. The van der Waals surface area contributed by atoms with Crippen molar-refractivity contribution >= 4 is 62.4 Å². The SMILES string of the molecule is Nc1nc(C(=O)O)cs1.O=C(Nc1nc(C(=O)O)cs1)c1ccc(F)c(Cl)c1. The molecule has 0 unspecified atom stereocenters. The molecule has 0 fully saturated rings. The van der Waals surface area contributed by atoms with Gasteiger partial charge in [-0.25, -0.2) is 23.9 Å². The molecule has 0 aliphatic heterocycles. The van der Waals surface area contributed by atoms with Crippen molar-refractivity contribution in [2.75, 3.05) is 11.1 Å². The molecule has 0 spiro atoms. The summed E-state index contributed by atoms with van der Waals surface area (Å²) in [5.41, 5.74) is 5.17. The first-order valence-electron chi connectivity index (χ1n) is 7.07. The van der Waals surface area contributed by atoms with Crippen molar-refractivity contribution in [3.05, 3.63) is 56.8 Å². The van der Waals surface area contributed by atoms with Crippen LogP contribution in [0.5, 0.6) is 0 Å². The van der Waals surface area contributed by atoms with Crippen LogP contribution >= 0.6 is 34.3 Å². The summed E-state index contributed by atoms with van der Waals surface area (Å²) in [5, 5.41) is 22.3. The number of hydrogen-bond donors (Lipinski definition) is 4. The Morgan fingerprint density at radius 2 is 1.68 bits per heavy atom. The van der Waals surface area contributed by atoms with Crippen molar-refractivity contribution in [1.82, 2.24) is 9.97 Å². The second-order valence-electron chi connectivity index (χ2n) is 4.80. The van der Waals surface area contributed by atoms with Gasteiger partial charge < -0.3 is 15.9 Å². The number of hydrogen-bond acceptors (Lipinski definition) is 8. The number of anilines is 2. The smallest absolute Gasteiger partial charge is 0.355 e. The monoisotopic (exact) mass is 444 g/mol. The first-order chi connectivity index (χ1) is 13.2. The summed E-state index contributed by atoms with van der Waals surface area (Å²) in [7, 11) is 0. The Bertz CT molecular complexity index is 1040. The van der Waals surface area contributed by atoms with E-state index in [1.807, 2.05) is 0 Å². The van der Waals surface area contributed by atoms with Crippen molar-refractivity contribution in [2.45, 2.75) is 0 Å². The normalized spacial score (nSPS) is 9.93. The maximum Gasteiger partial charge on any atom is 0.355 e. The molecule has 0 atom stereocenters. The number of nitrogen functional groups attached to an aromatic ring is 1. The third-order valence-corrected chi connectivity index (χ3v) is 4.59. The van der Waals surface area contributed by atoms with E-state index in [0.29, 0.717) is 0 Å². The molecule has 0 aliphatic carbocycles. The number of aromatic nitrogens is 2. The van der Waals surface area contributed by atoms with Gasteiger partial charge >= 0.3 is 11.9 Å². The molecule has 5 N–H and O–H groups in total. The van der Waals surface area contributed by atoms with Crippen LogP contribution in [0.25, 0.3) is 0 Å². The van der Waals surface area contributed by atoms with Gasteiger partial charge in [-0.2, -0.15) is 0 Å². The number of nitrogens with one attached hydrogen (secondary N) is 1. The Balaban J connectivity index is 0.000000261. The molecule has 0 bridgehead atoms. The highest BCUT2D eigenvalue weighted by molar-refractivity contribution is 7.14. The molecule has 3 rings (SSSR count). The van der Waals surface area contributed by atoms with E-state index in [-0.39, 0.29) is 32.2 Å². The Labute approximate surface area is 169 Å². The lowest BCUT2D eigenvalue weighted by Crippen LogP contribution is -2.12. The summed E-state index contributed by atoms with van der Waals surface area (Å²) >= 11 is 7.66. The molecule has 146 valence electrons. The van der Waals surface area contributed by atoms with Gasteiger partial charge in [0.25, 0.3) is 5.91 Å². The lowest BCUT2D eigenvalue weighted by molar-refractivity contribution is 0.0681. The van der Waals surface area contributed by atoms with E-state index >= 15 is 0 Å². The van der Waals surface area contributed by atoms with Gasteiger partial charge in [-0.1, -0.05) is 11.6 Å². The zero-order chi connectivity index (χ0) is 20.8. The van der Waals surface area contributed by atoms with Crippen molar-refractivity contribution in [2.24, 2.45) is 0 Å². The number of benzene rings is 1. The standard InChI is InChI=1S/C11H6ClFN2O3S.C4H4N2O2S/c12-6-3-5(1-2-7(6)13)9(16)15-11-14-8(4-19-11)10(17)18;5-4-6-2(1-9-4)3(7)8/h1-4H,(H,17,18)(H,14,15,16);1H,(H2,5,6)(H,7,8). The molecule has 1 amide bonds. The van der Waals surface area contributed by atoms with Crippen LogP contribution in [0, 0.1) is 5.82 Å². The molecule has 3 aromatic rings. The Hall–Kier alpha value is -3.09. The molecule has 0 saturated heterocycles. The fourth-order valence-corrected chi connectivity index (χ4v) is 3.02. The molecule has 13 heteroatoms. The number of carboxylic acid groups (broad SMARTS) is 2. The number of rotatable bonds is 4. The van der Waals surface area contributed by atoms with Crippen LogP contribution in [0.2, 0.25) is 5.02 Å². The Morgan fingerprint density at radius 1 is 1.07 bits per heavy atom. The highest BCUT2D eigenvalue weighted by Gasteiger charge is 2.13. The quantitative estimate of drug-likeness (QED) is 0.477. The minimum atomic E-state index is -1.18. The van der Waals surface area contributed by atoms with Gasteiger partial charge in [-0.05, 0) is 18.2 Å². The highest BCUT2D eigenvalue weighted by Crippen LogP contribution is 2.19. The van der Waals surface area contributed by atoms with Crippen LogP contribution in [-0.2, 0) is 0 Å². The summed E-state index contributed by atoms with van der Waals surface area (Å²) in [6.07, 6.45) is 0. The molecule has 28 heavy (non-hydrogen) atoms. The van der Waals surface area contributed by atoms with Crippen LogP contribution in [-0.4, -0.2) is 38.0 Å². The van der Waals surface area contributed by atoms with Crippen LogP contribution in [0.4, 0.5) is 14.7 Å². The average molecular weight is 445 g/mol. The first-order valence-corrected chi connectivity index (χ1v) is 9.20. The van der Waals surface area contributed by atoms with Crippen molar-refractivity contribution in [3.63, 3.8) is 0 Å². The second kappa shape index (κ2) is 9.21.